The number of rotatable bonds is 9. The molecule has 2 nitrogen and oxygen atoms in total. The van der Waals surface area contributed by atoms with Gasteiger partial charge in [0.1, 0.15) is 0 Å². The highest BCUT2D eigenvalue weighted by Crippen LogP contribution is 2.22. The number of benzene rings is 1. The fourth-order valence-electron chi connectivity index (χ4n) is 2.35. The summed E-state index contributed by atoms with van der Waals surface area (Å²) >= 11 is 12.0. The number of nitrogens with zero attached hydrogens (tertiary/aromatic N) is 1. The van der Waals surface area contributed by atoms with Gasteiger partial charge >= 0.3 is 0 Å². The van der Waals surface area contributed by atoms with Gasteiger partial charge in [-0.1, -0.05) is 55.5 Å². The molecule has 1 unspecified atom stereocenters. The fourth-order valence-corrected chi connectivity index (χ4v) is 2.82. The summed E-state index contributed by atoms with van der Waals surface area (Å²) in [4.78, 5) is 14.5. The number of allylic oxidation sites excluding steroid dienone is 1. The third-order valence-corrected chi connectivity index (χ3v) is 4.10. The van der Waals surface area contributed by atoms with Crippen LogP contribution in [0.4, 0.5) is 0 Å². The topological polar surface area (TPSA) is 20.3 Å². The number of carbonyl (C=O) groups is 1. The first-order chi connectivity index (χ1) is 10.4. The van der Waals surface area contributed by atoms with Gasteiger partial charge in [-0.25, -0.2) is 0 Å². The molecule has 1 aromatic rings. The van der Waals surface area contributed by atoms with Crippen LogP contribution in [-0.2, 0) is 4.79 Å². The third-order valence-electron chi connectivity index (χ3n) is 3.53. The molecule has 1 rings (SSSR count). The minimum atomic E-state index is 0. The van der Waals surface area contributed by atoms with Gasteiger partial charge in [0.2, 0.25) is 0 Å². The zero-order valence-corrected chi connectivity index (χ0v) is 16.3. The lowest BCUT2D eigenvalue weighted by Gasteiger charge is -2.18. The van der Waals surface area contributed by atoms with Crippen LogP contribution in [0.15, 0.2) is 24.3 Å². The van der Waals surface area contributed by atoms with Crippen LogP contribution in [0, 0.1) is 5.92 Å². The molecule has 0 spiro atoms. The molecule has 0 aliphatic heterocycles. The maximum atomic E-state index is 12.4. The molecule has 0 radical (unpaired) electrons. The van der Waals surface area contributed by atoms with E-state index in [4.69, 9.17) is 23.2 Å². The molecule has 0 aromatic heterocycles. The Morgan fingerprint density at radius 3 is 2.52 bits per heavy atom. The van der Waals surface area contributed by atoms with Crippen LogP contribution in [0.25, 0.3) is 6.08 Å². The van der Waals surface area contributed by atoms with Crippen molar-refractivity contribution < 1.29 is 4.79 Å². The molecule has 0 aliphatic rings. The predicted octanol–water partition coefficient (Wildman–Crippen LogP) is 5.76. The lowest BCUT2D eigenvalue weighted by molar-refractivity contribution is -0.118. The van der Waals surface area contributed by atoms with E-state index >= 15 is 0 Å². The van der Waals surface area contributed by atoms with E-state index in [0.717, 1.165) is 24.9 Å². The molecular weight excluding hydrogens is 353 g/mol. The summed E-state index contributed by atoms with van der Waals surface area (Å²) in [6.45, 7) is 2.95. The van der Waals surface area contributed by atoms with Gasteiger partial charge in [0.15, 0.2) is 5.78 Å². The molecule has 23 heavy (non-hydrogen) atoms. The van der Waals surface area contributed by atoms with Gasteiger partial charge in [0.25, 0.3) is 0 Å². The Kier molecular flexibility index (Phi) is 11.6. The maximum Gasteiger partial charge on any atom is 0.160 e. The summed E-state index contributed by atoms with van der Waals surface area (Å²) in [7, 11) is 4.00. The largest absolute Gasteiger partial charge is 0.309 e. The average Bonchev–Trinajstić information content (AvgIpc) is 2.45. The SMILES string of the molecule is CCCCCC(CN(C)C)C(=O)/C=C\c1ccc(Cl)cc1Cl.Cl. The Morgan fingerprint density at radius 1 is 1.26 bits per heavy atom. The van der Waals surface area contributed by atoms with Crippen molar-refractivity contribution in [3.8, 4) is 0 Å². The summed E-state index contributed by atoms with van der Waals surface area (Å²) < 4.78 is 0. The molecule has 0 saturated carbocycles. The van der Waals surface area contributed by atoms with Gasteiger partial charge in [-0.15, -0.1) is 12.4 Å². The fraction of sp³-hybridized carbons (Fsp3) is 0.500. The molecule has 0 amide bonds. The van der Waals surface area contributed by atoms with Crippen LogP contribution in [0.5, 0.6) is 0 Å². The van der Waals surface area contributed by atoms with E-state index in [1.807, 2.05) is 20.2 Å². The van der Waals surface area contributed by atoms with Gasteiger partial charge in [-0.3, -0.25) is 4.79 Å². The van der Waals surface area contributed by atoms with Crippen molar-refractivity contribution >= 4 is 47.5 Å². The second kappa shape index (κ2) is 11.9. The van der Waals surface area contributed by atoms with Crippen molar-refractivity contribution in [2.45, 2.75) is 32.6 Å². The summed E-state index contributed by atoms with van der Waals surface area (Å²) in [5, 5.41) is 1.16. The van der Waals surface area contributed by atoms with Crippen LogP contribution in [0.3, 0.4) is 0 Å². The monoisotopic (exact) mass is 377 g/mol. The second-order valence-electron chi connectivity index (χ2n) is 5.86. The molecule has 130 valence electrons. The Balaban J connectivity index is 0.00000484. The Labute approximate surface area is 156 Å². The van der Waals surface area contributed by atoms with Crippen LogP contribution < -0.4 is 0 Å². The number of ketones is 1. The van der Waals surface area contributed by atoms with Crippen LogP contribution in [0.2, 0.25) is 10.0 Å². The summed E-state index contributed by atoms with van der Waals surface area (Å²) in [5.41, 5.74) is 0.816. The number of halogens is 3. The van der Waals surface area contributed by atoms with Crippen LogP contribution >= 0.6 is 35.6 Å². The van der Waals surface area contributed by atoms with Gasteiger partial charge in [0.05, 0.1) is 0 Å². The molecule has 0 heterocycles. The highest BCUT2D eigenvalue weighted by Gasteiger charge is 2.16. The minimum absolute atomic E-state index is 0. The molecule has 0 fully saturated rings. The highest BCUT2D eigenvalue weighted by atomic mass is 35.5. The summed E-state index contributed by atoms with van der Waals surface area (Å²) in [5.74, 6) is 0.208. The van der Waals surface area contributed by atoms with E-state index in [1.54, 1.807) is 24.3 Å². The van der Waals surface area contributed by atoms with Gasteiger partial charge in [-0.2, -0.15) is 0 Å². The normalized spacial score (nSPS) is 12.4. The van der Waals surface area contributed by atoms with Crippen molar-refractivity contribution in [3.05, 3.63) is 39.9 Å². The van der Waals surface area contributed by atoms with Crippen molar-refractivity contribution in [2.75, 3.05) is 20.6 Å². The van der Waals surface area contributed by atoms with Crippen LogP contribution in [-0.4, -0.2) is 31.3 Å². The quantitative estimate of drug-likeness (QED) is 0.402. The molecular formula is C18H26Cl3NO. The average molecular weight is 379 g/mol. The van der Waals surface area contributed by atoms with Crippen molar-refractivity contribution in [3.63, 3.8) is 0 Å². The van der Waals surface area contributed by atoms with Crippen molar-refractivity contribution in [2.24, 2.45) is 5.92 Å². The zero-order valence-electron chi connectivity index (χ0n) is 14.0. The van der Waals surface area contributed by atoms with E-state index in [2.05, 4.69) is 11.8 Å². The van der Waals surface area contributed by atoms with Crippen LogP contribution in [0.1, 0.15) is 38.2 Å². The molecule has 0 saturated heterocycles. The predicted molar refractivity (Wildman–Crippen MR) is 104 cm³/mol. The summed E-state index contributed by atoms with van der Waals surface area (Å²) in [6.07, 6.45) is 7.79. The summed E-state index contributed by atoms with van der Waals surface area (Å²) in [6, 6.07) is 5.29. The molecule has 0 aliphatic carbocycles. The second-order valence-corrected chi connectivity index (χ2v) is 6.70. The number of hydrogen-bond donors (Lipinski definition) is 0. The molecule has 5 heteroatoms. The molecule has 1 atom stereocenters. The maximum absolute atomic E-state index is 12.4. The molecule has 0 bridgehead atoms. The van der Waals surface area contributed by atoms with Crippen molar-refractivity contribution in [1.29, 1.82) is 0 Å². The lowest BCUT2D eigenvalue weighted by atomic mass is 9.95. The van der Waals surface area contributed by atoms with E-state index < -0.39 is 0 Å². The first-order valence-corrected chi connectivity index (χ1v) is 8.51. The standard InChI is InChI=1S/C18H25Cl2NO.ClH/c1-4-5-6-7-15(13-21(2)3)18(22)11-9-14-8-10-16(19)12-17(14)20;/h8-12,15H,4-7,13H2,1-3H3;1H/b11-9-;. The number of carbonyl (C=O) groups excluding carboxylic acids is 1. The molecule has 1 aromatic carbocycles. The smallest absolute Gasteiger partial charge is 0.160 e. The van der Waals surface area contributed by atoms with E-state index in [0.29, 0.717) is 10.0 Å². The van der Waals surface area contributed by atoms with Gasteiger partial charge in [0, 0.05) is 22.5 Å². The van der Waals surface area contributed by atoms with E-state index in [-0.39, 0.29) is 24.1 Å². The number of hydrogen-bond acceptors (Lipinski definition) is 2. The Morgan fingerprint density at radius 2 is 1.96 bits per heavy atom. The first kappa shape index (κ1) is 22.5. The highest BCUT2D eigenvalue weighted by molar-refractivity contribution is 6.35. The van der Waals surface area contributed by atoms with Crippen molar-refractivity contribution in [1.82, 2.24) is 4.90 Å². The lowest BCUT2D eigenvalue weighted by Crippen LogP contribution is -2.27. The van der Waals surface area contributed by atoms with E-state index in [1.165, 1.54) is 12.8 Å². The number of unbranched alkanes of at least 4 members (excludes halogenated alkanes) is 2. The van der Waals surface area contributed by atoms with Gasteiger partial charge in [-0.05, 0) is 50.4 Å². The third kappa shape index (κ3) is 8.76. The first-order valence-electron chi connectivity index (χ1n) is 7.75. The van der Waals surface area contributed by atoms with Gasteiger partial charge < -0.3 is 4.90 Å². The molecule has 0 N–H and O–H groups in total. The van der Waals surface area contributed by atoms with E-state index in [9.17, 15) is 4.79 Å². The Bertz CT molecular complexity index is 515. The Hall–Kier alpha value is -0.540. The zero-order chi connectivity index (χ0) is 16.5. The minimum Gasteiger partial charge on any atom is -0.309 e.